The molecule has 0 amide bonds. The molecule has 0 bridgehead atoms. The molecule has 1 unspecified atom stereocenters. The maximum absolute atomic E-state index is 10.6. The van der Waals surface area contributed by atoms with Crippen LogP contribution in [0.2, 0.25) is 0 Å². The van der Waals surface area contributed by atoms with Gasteiger partial charge in [-0.1, -0.05) is 20.8 Å². The first-order valence-electron chi connectivity index (χ1n) is 4.89. The molecule has 0 spiro atoms. The molecular weight excluding hydrogens is 239 g/mol. The third kappa shape index (κ3) is 6.93. The van der Waals surface area contributed by atoms with Crippen LogP contribution < -0.4 is 0 Å². The topological polar surface area (TPSA) is 69.9 Å². The number of aliphatic carboxylic acids is 1. The number of rotatable bonds is 1. The largest absolute Gasteiger partial charge is 0.490 e. The van der Waals surface area contributed by atoms with Crippen LogP contribution in [0, 0.1) is 5.41 Å². The van der Waals surface area contributed by atoms with E-state index in [4.69, 9.17) is 9.90 Å². The number of nitrogens with zero attached hydrogens (tertiary/aromatic N) is 1. The molecule has 1 rings (SSSR count). The molecule has 0 aliphatic carbocycles. The Morgan fingerprint density at radius 1 is 1.41 bits per heavy atom. The van der Waals surface area contributed by atoms with Gasteiger partial charge in [-0.3, -0.25) is 4.99 Å². The molecule has 100 valence electrons. The molecule has 4 nitrogen and oxygen atoms in total. The van der Waals surface area contributed by atoms with E-state index in [-0.39, 0.29) is 5.41 Å². The van der Waals surface area contributed by atoms with Crippen molar-refractivity contribution in [3.05, 3.63) is 0 Å². The highest BCUT2D eigenvalue weighted by molar-refractivity contribution is 5.74. The summed E-state index contributed by atoms with van der Waals surface area (Å²) in [5, 5.41) is 16.7. The van der Waals surface area contributed by atoms with Crippen LogP contribution in [-0.4, -0.2) is 40.7 Å². The van der Waals surface area contributed by atoms with E-state index < -0.39 is 17.7 Å². The van der Waals surface area contributed by atoms with Gasteiger partial charge >= 0.3 is 12.1 Å². The van der Waals surface area contributed by atoms with E-state index in [1.165, 1.54) is 0 Å². The fourth-order valence-corrected chi connectivity index (χ4v) is 1.32. The summed E-state index contributed by atoms with van der Waals surface area (Å²) in [4.78, 5) is 12.8. The van der Waals surface area contributed by atoms with Crippen LogP contribution in [0.3, 0.4) is 0 Å². The average Bonchev–Trinajstić information content (AvgIpc) is 1.97. The van der Waals surface area contributed by atoms with Gasteiger partial charge in [0.15, 0.2) is 0 Å². The lowest BCUT2D eigenvalue weighted by atomic mass is 9.80. The minimum absolute atomic E-state index is 0.196. The van der Waals surface area contributed by atoms with Crippen LogP contribution in [0.4, 0.5) is 13.2 Å². The van der Waals surface area contributed by atoms with E-state index in [9.17, 15) is 18.3 Å². The molecule has 0 saturated carbocycles. The zero-order valence-electron chi connectivity index (χ0n) is 9.88. The Balaban J connectivity index is 0.000000325. The van der Waals surface area contributed by atoms with Gasteiger partial charge in [-0.2, -0.15) is 13.2 Å². The summed E-state index contributed by atoms with van der Waals surface area (Å²) < 4.78 is 31.7. The van der Waals surface area contributed by atoms with Crippen molar-refractivity contribution in [1.29, 1.82) is 0 Å². The van der Waals surface area contributed by atoms with Crippen molar-refractivity contribution in [2.75, 3.05) is 6.54 Å². The van der Waals surface area contributed by atoms with Crippen molar-refractivity contribution in [2.24, 2.45) is 10.4 Å². The summed E-state index contributed by atoms with van der Waals surface area (Å²) in [6, 6.07) is 0. The van der Waals surface area contributed by atoms with Crippen molar-refractivity contribution in [1.82, 2.24) is 0 Å². The Labute approximate surface area is 97.2 Å². The molecule has 0 aromatic rings. The highest BCUT2D eigenvalue weighted by Crippen LogP contribution is 2.29. The van der Waals surface area contributed by atoms with Crippen LogP contribution >= 0.6 is 0 Å². The molecule has 0 aromatic carbocycles. The monoisotopic (exact) mass is 255 g/mol. The van der Waals surface area contributed by atoms with Crippen molar-refractivity contribution in [2.45, 2.75) is 39.0 Å². The number of aliphatic hydroxyl groups is 1. The summed E-state index contributed by atoms with van der Waals surface area (Å²) in [6.45, 7) is 6.95. The van der Waals surface area contributed by atoms with Crippen LogP contribution in [0.25, 0.3) is 0 Å². The number of carbonyl (C=O) groups is 1. The van der Waals surface area contributed by atoms with Gasteiger partial charge in [0.1, 0.15) is 5.60 Å². The van der Waals surface area contributed by atoms with Gasteiger partial charge in [0.25, 0.3) is 0 Å². The average molecular weight is 255 g/mol. The quantitative estimate of drug-likeness (QED) is 0.751. The molecule has 17 heavy (non-hydrogen) atoms. The van der Waals surface area contributed by atoms with Crippen molar-refractivity contribution in [3.8, 4) is 0 Å². The summed E-state index contributed by atoms with van der Waals surface area (Å²) in [5.41, 5.74) is -0.389. The molecule has 0 saturated heterocycles. The van der Waals surface area contributed by atoms with Gasteiger partial charge in [-0.25, -0.2) is 4.79 Å². The Morgan fingerprint density at radius 2 is 1.76 bits per heavy atom. The molecule has 1 aliphatic heterocycles. The number of carboxylic acid groups (broad SMARTS) is 1. The van der Waals surface area contributed by atoms with E-state index >= 15 is 0 Å². The van der Waals surface area contributed by atoms with Gasteiger partial charge < -0.3 is 10.2 Å². The second-order valence-corrected chi connectivity index (χ2v) is 5.11. The molecule has 0 aromatic heterocycles. The summed E-state index contributed by atoms with van der Waals surface area (Å²) in [5.74, 6) is -2.76. The van der Waals surface area contributed by atoms with E-state index in [1.807, 2.05) is 0 Å². The molecule has 1 atom stereocenters. The smallest absolute Gasteiger partial charge is 0.475 e. The first-order chi connectivity index (χ1) is 7.36. The Bertz CT molecular complexity index is 307. The standard InChI is InChI=1S/C8H15NO.C2HF3O2/c1-7(2,3)4-8(10)5-9-6-8;3-2(4,5)1(6)7/h5,10H,4,6H2,1-3H3;(H,6,7). The predicted octanol–water partition coefficient (Wildman–Crippen LogP) is 1.87. The Morgan fingerprint density at radius 3 is 1.82 bits per heavy atom. The van der Waals surface area contributed by atoms with Gasteiger partial charge in [-0.15, -0.1) is 0 Å². The molecule has 7 heteroatoms. The van der Waals surface area contributed by atoms with Crippen molar-refractivity contribution in [3.63, 3.8) is 0 Å². The number of alkyl halides is 3. The van der Waals surface area contributed by atoms with Gasteiger partial charge in [0.05, 0.1) is 6.54 Å². The molecule has 1 aliphatic rings. The number of hydrogen-bond acceptors (Lipinski definition) is 3. The summed E-state index contributed by atoms with van der Waals surface area (Å²) in [7, 11) is 0. The summed E-state index contributed by atoms with van der Waals surface area (Å²) in [6.07, 6.45) is -2.62. The summed E-state index contributed by atoms with van der Waals surface area (Å²) >= 11 is 0. The number of carboxylic acids is 1. The van der Waals surface area contributed by atoms with Gasteiger partial charge in [0.2, 0.25) is 0 Å². The van der Waals surface area contributed by atoms with Crippen LogP contribution in [-0.2, 0) is 4.79 Å². The second-order valence-electron chi connectivity index (χ2n) is 5.11. The minimum Gasteiger partial charge on any atom is -0.475 e. The Kier molecular flexibility index (Phi) is 4.70. The number of halogens is 3. The maximum Gasteiger partial charge on any atom is 0.490 e. The van der Waals surface area contributed by atoms with E-state index in [1.54, 1.807) is 6.21 Å². The van der Waals surface area contributed by atoms with Crippen molar-refractivity contribution >= 4 is 12.2 Å². The van der Waals surface area contributed by atoms with E-state index in [2.05, 4.69) is 25.8 Å². The van der Waals surface area contributed by atoms with Crippen molar-refractivity contribution < 1.29 is 28.2 Å². The SMILES string of the molecule is CC(C)(C)CC1(O)C=NC1.O=C(O)C(F)(F)F. The Hall–Kier alpha value is -1.11. The fraction of sp³-hybridized carbons (Fsp3) is 0.800. The minimum atomic E-state index is -5.08. The second kappa shape index (κ2) is 5.03. The predicted molar refractivity (Wildman–Crippen MR) is 56.1 cm³/mol. The normalized spacial score (nSPS) is 23.5. The molecule has 1 heterocycles. The molecular formula is C10H16F3NO3. The zero-order chi connectivity index (χ0) is 13.9. The number of hydrogen-bond donors (Lipinski definition) is 2. The molecule has 0 fully saturated rings. The zero-order valence-corrected chi connectivity index (χ0v) is 9.88. The molecule has 0 radical (unpaired) electrons. The first kappa shape index (κ1) is 15.9. The first-order valence-corrected chi connectivity index (χ1v) is 4.89. The third-order valence-corrected chi connectivity index (χ3v) is 1.78. The fourth-order valence-electron chi connectivity index (χ4n) is 1.32. The lowest BCUT2D eigenvalue weighted by Gasteiger charge is -2.34. The highest BCUT2D eigenvalue weighted by Gasteiger charge is 2.38. The van der Waals surface area contributed by atoms with Gasteiger partial charge in [-0.05, 0) is 11.8 Å². The number of aliphatic imine (C=N–C) groups is 1. The molecule has 2 N–H and O–H groups in total. The third-order valence-electron chi connectivity index (χ3n) is 1.78. The lowest BCUT2D eigenvalue weighted by Crippen LogP contribution is -2.44. The van der Waals surface area contributed by atoms with Gasteiger partial charge in [0, 0.05) is 6.21 Å². The van der Waals surface area contributed by atoms with Crippen LogP contribution in [0.1, 0.15) is 27.2 Å². The lowest BCUT2D eigenvalue weighted by molar-refractivity contribution is -0.192. The van der Waals surface area contributed by atoms with Crippen LogP contribution in [0.5, 0.6) is 0 Å². The van der Waals surface area contributed by atoms with E-state index in [0.29, 0.717) is 6.54 Å². The van der Waals surface area contributed by atoms with Crippen LogP contribution in [0.15, 0.2) is 4.99 Å². The van der Waals surface area contributed by atoms with E-state index in [0.717, 1.165) is 6.42 Å². The maximum atomic E-state index is 10.6. The highest BCUT2D eigenvalue weighted by atomic mass is 19.4.